The maximum absolute atomic E-state index is 11.7. The summed E-state index contributed by atoms with van der Waals surface area (Å²) in [5, 5.41) is 3.19. The summed E-state index contributed by atoms with van der Waals surface area (Å²) in [6.07, 6.45) is 0.656. The van der Waals surface area contributed by atoms with Gasteiger partial charge in [0.2, 0.25) is 5.91 Å². The van der Waals surface area contributed by atoms with Crippen molar-refractivity contribution in [3.63, 3.8) is 0 Å². The third kappa shape index (κ3) is 6.65. The molecule has 0 aromatic carbocycles. The molecular weight excluding hydrogens is 258 g/mol. The summed E-state index contributed by atoms with van der Waals surface area (Å²) >= 11 is 0. The number of nitrogens with two attached hydrogens (primary N) is 1. The molecule has 0 aliphatic heterocycles. The smallest absolute Gasteiger partial charge is 0.237 e. The molecule has 0 saturated carbocycles. The number of ether oxygens (including phenoxy) is 2. The van der Waals surface area contributed by atoms with Gasteiger partial charge < -0.3 is 20.5 Å². The zero-order chi connectivity index (χ0) is 15.6. The number of amides is 1. The lowest BCUT2D eigenvalue weighted by atomic mass is 9.92. The van der Waals surface area contributed by atoms with E-state index in [1.54, 1.807) is 14.2 Å². The van der Waals surface area contributed by atoms with Crippen LogP contribution >= 0.6 is 0 Å². The summed E-state index contributed by atoms with van der Waals surface area (Å²) in [6.45, 7) is 9.57. The van der Waals surface area contributed by atoms with Crippen molar-refractivity contribution >= 4 is 5.91 Å². The molecule has 0 aromatic heterocycles. The molecule has 0 fully saturated rings. The molecular formula is C14H31N3O3. The summed E-state index contributed by atoms with van der Waals surface area (Å²) in [5.41, 5.74) is 4.85. The number of nitrogens with zero attached hydrogens (tertiary/aromatic N) is 1. The van der Waals surface area contributed by atoms with E-state index in [4.69, 9.17) is 15.2 Å². The van der Waals surface area contributed by atoms with Crippen LogP contribution < -0.4 is 11.1 Å². The summed E-state index contributed by atoms with van der Waals surface area (Å²) < 4.78 is 10.3. The minimum atomic E-state index is -0.688. The van der Waals surface area contributed by atoms with E-state index in [0.717, 1.165) is 13.1 Å². The minimum absolute atomic E-state index is 0.205. The molecule has 1 amide bonds. The van der Waals surface area contributed by atoms with E-state index in [1.165, 1.54) is 0 Å². The number of carbonyl (C=O) groups excluding carboxylic acids is 1. The molecule has 6 nitrogen and oxygen atoms in total. The molecule has 0 aliphatic rings. The van der Waals surface area contributed by atoms with Crippen molar-refractivity contribution < 1.29 is 14.3 Å². The molecule has 2 atom stereocenters. The van der Waals surface area contributed by atoms with E-state index in [0.29, 0.717) is 26.2 Å². The van der Waals surface area contributed by atoms with Crippen LogP contribution in [0.15, 0.2) is 0 Å². The first-order valence-corrected chi connectivity index (χ1v) is 7.18. The van der Waals surface area contributed by atoms with Crippen LogP contribution in [0.3, 0.4) is 0 Å². The quantitative estimate of drug-likeness (QED) is 0.537. The molecule has 0 radical (unpaired) electrons. The number of likely N-dealkylation sites (N-methyl/N-ethyl adjacent to an activating group) is 1. The topological polar surface area (TPSA) is 76.8 Å². The summed E-state index contributed by atoms with van der Waals surface area (Å²) in [7, 11) is 3.37. The second kappa shape index (κ2) is 10.1. The number of carbonyl (C=O) groups is 1. The van der Waals surface area contributed by atoms with Crippen LogP contribution in [0.5, 0.6) is 0 Å². The first kappa shape index (κ1) is 19.3. The molecule has 0 aliphatic carbocycles. The highest BCUT2D eigenvalue weighted by molar-refractivity contribution is 5.84. The van der Waals surface area contributed by atoms with E-state index in [1.807, 2.05) is 13.8 Å². The van der Waals surface area contributed by atoms with E-state index < -0.39 is 5.54 Å². The average molecular weight is 289 g/mol. The lowest BCUT2D eigenvalue weighted by Crippen LogP contribution is -2.56. The second-order valence-corrected chi connectivity index (χ2v) is 5.30. The second-order valence-electron chi connectivity index (χ2n) is 5.30. The van der Waals surface area contributed by atoms with Gasteiger partial charge in [0.05, 0.1) is 18.8 Å². The fourth-order valence-electron chi connectivity index (χ4n) is 2.34. The summed E-state index contributed by atoms with van der Waals surface area (Å²) in [4.78, 5) is 13.9. The fraction of sp³-hybridized carbons (Fsp3) is 0.929. The Bertz CT molecular complexity index is 268. The third-order valence-electron chi connectivity index (χ3n) is 3.60. The van der Waals surface area contributed by atoms with Gasteiger partial charge in [-0.15, -0.1) is 0 Å². The van der Waals surface area contributed by atoms with E-state index >= 15 is 0 Å². The van der Waals surface area contributed by atoms with Gasteiger partial charge in [-0.05, 0) is 26.8 Å². The lowest BCUT2D eigenvalue weighted by Gasteiger charge is -2.35. The Morgan fingerprint density at radius 3 is 2.15 bits per heavy atom. The van der Waals surface area contributed by atoms with Crippen LogP contribution in [0.1, 0.15) is 27.2 Å². The van der Waals surface area contributed by atoms with Crippen molar-refractivity contribution in [2.75, 3.05) is 47.1 Å². The predicted octanol–water partition coefficient (Wildman–Crippen LogP) is 0.213. The van der Waals surface area contributed by atoms with Gasteiger partial charge in [-0.25, -0.2) is 0 Å². The van der Waals surface area contributed by atoms with Gasteiger partial charge in [0.15, 0.2) is 0 Å². The van der Waals surface area contributed by atoms with Crippen molar-refractivity contribution in [3.05, 3.63) is 0 Å². The molecule has 0 bridgehead atoms. The fourth-order valence-corrected chi connectivity index (χ4v) is 2.34. The van der Waals surface area contributed by atoms with Crippen LogP contribution in [0.25, 0.3) is 0 Å². The van der Waals surface area contributed by atoms with E-state index in [2.05, 4.69) is 17.1 Å². The monoisotopic (exact) mass is 289 g/mol. The Morgan fingerprint density at radius 2 is 1.80 bits per heavy atom. The Balaban J connectivity index is 4.67. The van der Waals surface area contributed by atoms with Gasteiger partial charge >= 0.3 is 0 Å². The van der Waals surface area contributed by atoms with Gasteiger partial charge in [-0.1, -0.05) is 6.92 Å². The van der Waals surface area contributed by atoms with Gasteiger partial charge in [-0.3, -0.25) is 9.69 Å². The van der Waals surface area contributed by atoms with Crippen molar-refractivity contribution in [1.82, 2.24) is 10.2 Å². The maximum Gasteiger partial charge on any atom is 0.237 e. The summed E-state index contributed by atoms with van der Waals surface area (Å²) in [6, 6.07) is 0.205. The summed E-state index contributed by atoms with van der Waals surface area (Å²) in [5.74, 6) is -0.315. The molecule has 0 rings (SSSR count). The van der Waals surface area contributed by atoms with Gasteiger partial charge in [0, 0.05) is 33.4 Å². The molecule has 120 valence electrons. The molecule has 0 aromatic rings. The van der Waals surface area contributed by atoms with Crippen molar-refractivity contribution in [1.29, 1.82) is 0 Å². The molecule has 20 heavy (non-hydrogen) atoms. The first-order chi connectivity index (χ1) is 9.41. The zero-order valence-electron chi connectivity index (χ0n) is 13.6. The van der Waals surface area contributed by atoms with Crippen molar-refractivity contribution in [2.45, 2.75) is 38.8 Å². The lowest BCUT2D eigenvalue weighted by molar-refractivity contribution is -0.124. The minimum Gasteiger partial charge on any atom is -0.383 e. The number of methoxy groups -OCH3 is 2. The Hall–Kier alpha value is -0.690. The zero-order valence-corrected chi connectivity index (χ0v) is 13.6. The van der Waals surface area contributed by atoms with Gasteiger partial charge in [-0.2, -0.15) is 0 Å². The number of hydrogen-bond donors (Lipinski definition) is 2. The highest BCUT2D eigenvalue weighted by Gasteiger charge is 2.33. The molecule has 2 unspecified atom stereocenters. The molecule has 0 spiro atoms. The van der Waals surface area contributed by atoms with Crippen LogP contribution in [0.2, 0.25) is 0 Å². The van der Waals surface area contributed by atoms with Crippen LogP contribution in [-0.2, 0) is 14.3 Å². The SMILES string of the molecule is CCNC(C)(CC(C)N(CCOC)CCOC)C(N)=O. The molecule has 0 saturated heterocycles. The van der Waals surface area contributed by atoms with Crippen LogP contribution in [0, 0.1) is 0 Å². The Morgan fingerprint density at radius 1 is 1.30 bits per heavy atom. The molecule has 6 heteroatoms. The number of rotatable bonds is 12. The first-order valence-electron chi connectivity index (χ1n) is 7.18. The number of nitrogens with one attached hydrogen (secondary N) is 1. The van der Waals surface area contributed by atoms with E-state index in [-0.39, 0.29) is 11.9 Å². The third-order valence-corrected chi connectivity index (χ3v) is 3.60. The van der Waals surface area contributed by atoms with Crippen LogP contribution in [-0.4, -0.2) is 69.5 Å². The average Bonchev–Trinajstić information content (AvgIpc) is 2.38. The number of primary amides is 1. The van der Waals surface area contributed by atoms with Crippen molar-refractivity contribution in [3.8, 4) is 0 Å². The van der Waals surface area contributed by atoms with E-state index in [9.17, 15) is 4.79 Å². The standard InChI is InChI=1S/C14H31N3O3/c1-6-16-14(3,13(15)18)11-12(2)17(7-9-19-4)8-10-20-5/h12,16H,6-11H2,1-5H3,(H2,15,18). The van der Waals surface area contributed by atoms with Gasteiger partial charge in [0.1, 0.15) is 0 Å². The number of hydrogen-bond acceptors (Lipinski definition) is 5. The predicted molar refractivity (Wildman–Crippen MR) is 80.7 cm³/mol. The molecule has 3 N–H and O–H groups in total. The molecule has 0 heterocycles. The Labute approximate surface area is 123 Å². The van der Waals surface area contributed by atoms with Crippen molar-refractivity contribution in [2.24, 2.45) is 5.73 Å². The maximum atomic E-state index is 11.7. The largest absolute Gasteiger partial charge is 0.383 e. The highest BCUT2D eigenvalue weighted by atomic mass is 16.5. The Kier molecular flexibility index (Phi) is 9.75. The van der Waals surface area contributed by atoms with Crippen LogP contribution in [0.4, 0.5) is 0 Å². The normalized spacial score (nSPS) is 16.1. The highest BCUT2D eigenvalue weighted by Crippen LogP contribution is 2.16. The van der Waals surface area contributed by atoms with Gasteiger partial charge in [0.25, 0.3) is 0 Å².